The molecular formula is C2H3ClFNO. The van der Waals surface area contributed by atoms with Gasteiger partial charge in [0, 0.05) is 0 Å². The molecule has 0 bridgehead atoms. The Labute approximate surface area is 39.1 Å². The fraction of sp³-hybridized carbons (Fsp3) is 0.500. The molecule has 0 aliphatic heterocycles. The summed E-state index contributed by atoms with van der Waals surface area (Å²) < 4.78 is 11.1. The highest BCUT2D eigenvalue weighted by molar-refractivity contribution is 6.29. The molecule has 0 fully saturated rings. The van der Waals surface area contributed by atoms with E-state index in [4.69, 9.17) is 0 Å². The highest BCUT2D eigenvalue weighted by Crippen LogP contribution is 1.91. The fourth-order valence-electron chi connectivity index (χ4n) is 0. The standard InChI is InChI=1S/C2H3ClFNO/c3-1(4)2(5)6/h1H,(H2,5,6)/t1-/m0/s1. The van der Waals surface area contributed by atoms with Crippen molar-refractivity contribution in [2.45, 2.75) is 5.63 Å². The zero-order valence-corrected chi connectivity index (χ0v) is 3.57. The minimum Gasteiger partial charge on any atom is -0.366 e. The van der Waals surface area contributed by atoms with Crippen LogP contribution in [0.3, 0.4) is 0 Å². The zero-order chi connectivity index (χ0) is 5.15. The number of halogens is 2. The van der Waals surface area contributed by atoms with Crippen LogP contribution in [-0.2, 0) is 4.79 Å². The molecule has 0 aromatic carbocycles. The Kier molecular flexibility index (Phi) is 1.87. The molecule has 2 nitrogen and oxygen atoms in total. The van der Waals surface area contributed by atoms with Crippen molar-refractivity contribution in [3.63, 3.8) is 0 Å². The zero-order valence-electron chi connectivity index (χ0n) is 2.82. The summed E-state index contributed by atoms with van der Waals surface area (Å²) in [7, 11) is 0. The third-order valence-electron chi connectivity index (χ3n) is 0.215. The van der Waals surface area contributed by atoms with Crippen LogP contribution in [-0.4, -0.2) is 11.5 Å². The second-order valence-electron chi connectivity index (χ2n) is 0.703. The van der Waals surface area contributed by atoms with Crippen LogP contribution in [0.4, 0.5) is 4.39 Å². The second kappa shape index (κ2) is 1.97. The summed E-state index contributed by atoms with van der Waals surface area (Å²) in [5.41, 5.74) is 2.25. The summed E-state index contributed by atoms with van der Waals surface area (Å²) in [5.74, 6) is -1.14. The molecular weight excluding hydrogens is 108 g/mol. The lowest BCUT2D eigenvalue weighted by molar-refractivity contribution is -0.120. The van der Waals surface area contributed by atoms with E-state index in [-0.39, 0.29) is 0 Å². The van der Waals surface area contributed by atoms with Crippen molar-refractivity contribution in [3.8, 4) is 0 Å². The Bertz CT molecular complexity index is 64.6. The van der Waals surface area contributed by atoms with Crippen LogP contribution in [0.2, 0.25) is 0 Å². The van der Waals surface area contributed by atoms with Crippen LogP contribution in [0.25, 0.3) is 0 Å². The molecule has 0 aromatic rings. The molecule has 6 heavy (non-hydrogen) atoms. The van der Waals surface area contributed by atoms with Crippen molar-refractivity contribution < 1.29 is 9.18 Å². The van der Waals surface area contributed by atoms with Crippen molar-refractivity contribution in [3.05, 3.63) is 0 Å². The first kappa shape index (κ1) is 5.69. The fourth-order valence-corrected chi connectivity index (χ4v) is 0. The lowest BCUT2D eigenvalue weighted by Crippen LogP contribution is -2.18. The molecule has 0 aliphatic rings. The minimum atomic E-state index is -2.04. The van der Waals surface area contributed by atoms with Gasteiger partial charge in [-0.25, -0.2) is 4.39 Å². The first-order valence-electron chi connectivity index (χ1n) is 1.22. The molecule has 36 valence electrons. The van der Waals surface area contributed by atoms with Crippen molar-refractivity contribution >= 4 is 17.5 Å². The lowest BCUT2D eigenvalue weighted by Gasteiger charge is -1.84. The molecule has 0 aromatic heterocycles. The van der Waals surface area contributed by atoms with Gasteiger partial charge < -0.3 is 5.73 Å². The number of hydrogen-bond acceptors (Lipinski definition) is 1. The van der Waals surface area contributed by atoms with Gasteiger partial charge in [0.25, 0.3) is 11.5 Å². The third-order valence-corrected chi connectivity index (χ3v) is 0.430. The van der Waals surface area contributed by atoms with E-state index in [2.05, 4.69) is 17.3 Å². The van der Waals surface area contributed by atoms with Gasteiger partial charge in [0.05, 0.1) is 0 Å². The molecule has 0 saturated carbocycles. The summed E-state index contributed by atoms with van der Waals surface area (Å²) in [6.45, 7) is 0. The lowest BCUT2D eigenvalue weighted by atomic mass is 10.7. The molecule has 0 spiro atoms. The van der Waals surface area contributed by atoms with Gasteiger partial charge >= 0.3 is 0 Å². The van der Waals surface area contributed by atoms with Gasteiger partial charge in [-0.1, -0.05) is 11.6 Å². The third kappa shape index (κ3) is 1.96. The molecule has 0 radical (unpaired) electrons. The second-order valence-corrected chi connectivity index (χ2v) is 1.09. The molecule has 1 atom stereocenters. The van der Waals surface area contributed by atoms with E-state index in [1.807, 2.05) is 0 Å². The van der Waals surface area contributed by atoms with Gasteiger partial charge in [-0.2, -0.15) is 0 Å². The van der Waals surface area contributed by atoms with Gasteiger partial charge in [-0.05, 0) is 0 Å². The van der Waals surface area contributed by atoms with Crippen LogP contribution >= 0.6 is 11.6 Å². The summed E-state index contributed by atoms with van der Waals surface area (Å²) in [5, 5.41) is 0. The largest absolute Gasteiger partial charge is 0.366 e. The smallest absolute Gasteiger partial charge is 0.267 e. The average Bonchev–Trinajstić information content (AvgIpc) is 1.36. The minimum absolute atomic E-state index is 1.14. The predicted molar refractivity (Wildman–Crippen MR) is 19.9 cm³/mol. The van der Waals surface area contributed by atoms with E-state index in [0.29, 0.717) is 0 Å². The topological polar surface area (TPSA) is 43.1 Å². The van der Waals surface area contributed by atoms with Crippen LogP contribution in [0.1, 0.15) is 0 Å². The molecule has 0 rings (SSSR count). The molecule has 2 N–H and O–H groups in total. The van der Waals surface area contributed by atoms with Crippen LogP contribution < -0.4 is 5.73 Å². The maximum atomic E-state index is 11.1. The molecule has 0 heterocycles. The van der Waals surface area contributed by atoms with Gasteiger partial charge in [-0.3, -0.25) is 4.79 Å². The van der Waals surface area contributed by atoms with E-state index in [0.717, 1.165) is 0 Å². The van der Waals surface area contributed by atoms with E-state index < -0.39 is 11.5 Å². The number of hydrogen-bond donors (Lipinski definition) is 1. The van der Waals surface area contributed by atoms with Crippen LogP contribution in [0.5, 0.6) is 0 Å². The van der Waals surface area contributed by atoms with E-state index in [1.54, 1.807) is 0 Å². The number of alkyl halides is 2. The number of carbonyl (C=O) groups is 1. The summed E-state index contributed by atoms with van der Waals surface area (Å²) in [6.07, 6.45) is 0. The normalized spacial score (nSPS) is 13.7. The molecule has 0 saturated heterocycles. The van der Waals surface area contributed by atoms with E-state index >= 15 is 0 Å². The summed E-state index contributed by atoms with van der Waals surface area (Å²) in [6, 6.07) is 0. The van der Waals surface area contributed by atoms with Gasteiger partial charge in [0.2, 0.25) is 0 Å². The Morgan fingerprint density at radius 2 is 2.17 bits per heavy atom. The van der Waals surface area contributed by atoms with Gasteiger partial charge in [-0.15, -0.1) is 0 Å². The number of primary amides is 1. The summed E-state index contributed by atoms with van der Waals surface area (Å²) >= 11 is 4.47. The molecule has 1 amide bonds. The van der Waals surface area contributed by atoms with E-state index in [1.165, 1.54) is 0 Å². The molecule has 0 aliphatic carbocycles. The maximum absolute atomic E-state index is 11.1. The number of carbonyl (C=O) groups excluding carboxylic acids is 1. The van der Waals surface area contributed by atoms with Crippen molar-refractivity contribution in [1.29, 1.82) is 0 Å². The van der Waals surface area contributed by atoms with Crippen molar-refractivity contribution in [1.82, 2.24) is 0 Å². The van der Waals surface area contributed by atoms with Crippen molar-refractivity contribution in [2.24, 2.45) is 5.73 Å². The Morgan fingerprint density at radius 3 is 2.17 bits per heavy atom. The highest BCUT2D eigenvalue weighted by Gasteiger charge is 2.04. The van der Waals surface area contributed by atoms with Crippen LogP contribution in [0, 0.1) is 0 Å². The first-order valence-corrected chi connectivity index (χ1v) is 1.65. The SMILES string of the molecule is NC(=O)[C@H](F)Cl. The molecule has 0 unspecified atom stereocenters. The van der Waals surface area contributed by atoms with E-state index in [9.17, 15) is 9.18 Å². The number of rotatable bonds is 1. The molecule has 4 heteroatoms. The number of nitrogens with two attached hydrogens (primary N) is 1. The monoisotopic (exact) mass is 111 g/mol. The highest BCUT2D eigenvalue weighted by atomic mass is 35.5. The number of amides is 1. The van der Waals surface area contributed by atoms with Crippen LogP contribution in [0.15, 0.2) is 0 Å². The Balaban J connectivity index is 3.26. The first-order chi connectivity index (χ1) is 2.64. The van der Waals surface area contributed by atoms with Gasteiger partial charge in [0.15, 0.2) is 0 Å². The van der Waals surface area contributed by atoms with Crippen molar-refractivity contribution in [2.75, 3.05) is 0 Å². The Morgan fingerprint density at radius 1 is 2.00 bits per heavy atom. The summed E-state index contributed by atoms with van der Waals surface area (Å²) in [4.78, 5) is 9.41. The maximum Gasteiger partial charge on any atom is 0.267 e. The average molecular weight is 112 g/mol. The van der Waals surface area contributed by atoms with Gasteiger partial charge in [0.1, 0.15) is 0 Å². The predicted octanol–water partition coefficient (Wildman–Crippen LogP) is 0.00610. The quantitative estimate of drug-likeness (QED) is 0.476. The Hall–Kier alpha value is -0.310.